The summed E-state index contributed by atoms with van der Waals surface area (Å²) in [7, 11) is 1.44. The van der Waals surface area contributed by atoms with Gasteiger partial charge in [0.05, 0.1) is 7.11 Å². The number of hydrogen-bond donors (Lipinski definition) is 0. The highest BCUT2D eigenvalue weighted by Gasteiger charge is 2.30. The Kier molecular flexibility index (Phi) is 3.52. The largest absolute Gasteiger partial charge is 0.469 e. The lowest BCUT2D eigenvalue weighted by molar-refractivity contribution is -0.141. The zero-order valence-electron chi connectivity index (χ0n) is 8.34. The number of carbonyl (C=O) groups excluding carboxylic acids is 1. The third-order valence-electron chi connectivity index (χ3n) is 3.09. The Hall–Kier alpha value is -0.790. The second-order valence-corrected chi connectivity index (χ2v) is 3.85. The molecule has 1 aliphatic carbocycles. The number of rotatable bonds is 4. The molecule has 1 fully saturated rings. The summed E-state index contributed by atoms with van der Waals surface area (Å²) in [5.74, 6) is -0.104. The molecule has 74 valence electrons. The molecule has 0 saturated heterocycles. The quantitative estimate of drug-likeness (QED) is 0.493. The molecule has 2 nitrogen and oxygen atoms in total. The maximum absolute atomic E-state index is 11.0. The average molecular weight is 182 g/mol. The predicted octanol–water partition coefficient (Wildman–Crippen LogP) is 2.69. The second-order valence-electron chi connectivity index (χ2n) is 3.85. The fourth-order valence-corrected chi connectivity index (χ4v) is 2.09. The van der Waals surface area contributed by atoms with Gasteiger partial charge >= 0.3 is 5.97 Å². The topological polar surface area (TPSA) is 26.3 Å². The van der Waals surface area contributed by atoms with Crippen molar-refractivity contribution in [3.05, 3.63) is 12.7 Å². The van der Waals surface area contributed by atoms with Crippen molar-refractivity contribution in [2.45, 2.75) is 38.5 Å². The van der Waals surface area contributed by atoms with E-state index in [-0.39, 0.29) is 11.4 Å². The lowest BCUT2D eigenvalue weighted by atomic mass is 9.82. The molecule has 0 N–H and O–H groups in total. The Morgan fingerprint density at radius 1 is 1.54 bits per heavy atom. The Labute approximate surface area is 80.0 Å². The van der Waals surface area contributed by atoms with Gasteiger partial charge in [0.1, 0.15) is 0 Å². The Balaban J connectivity index is 2.40. The standard InChI is InChI=1S/C11H18O2/c1-3-11(7-4-5-8-11)9-6-10(12)13-2/h3H,1,4-9H2,2H3. The summed E-state index contributed by atoms with van der Waals surface area (Å²) in [6.07, 6.45) is 8.38. The molecular weight excluding hydrogens is 164 g/mol. The van der Waals surface area contributed by atoms with Crippen LogP contribution in [0.1, 0.15) is 38.5 Å². The average Bonchev–Trinajstić information content (AvgIpc) is 2.63. The normalized spacial score (nSPS) is 19.8. The van der Waals surface area contributed by atoms with Gasteiger partial charge in [0, 0.05) is 6.42 Å². The van der Waals surface area contributed by atoms with Crippen LogP contribution in [0, 0.1) is 5.41 Å². The number of methoxy groups -OCH3 is 1. The summed E-state index contributed by atoms with van der Waals surface area (Å²) >= 11 is 0. The van der Waals surface area contributed by atoms with E-state index in [1.807, 2.05) is 6.08 Å². The van der Waals surface area contributed by atoms with Gasteiger partial charge in [-0.25, -0.2) is 0 Å². The van der Waals surface area contributed by atoms with Crippen LogP contribution in [0.2, 0.25) is 0 Å². The van der Waals surface area contributed by atoms with Gasteiger partial charge in [-0.3, -0.25) is 4.79 Å². The first-order valence-corrected chi connectivity index (χ1v) is 4.93. The van der Waals surface area contributed by atoms with Crippen LogP contribution in [0.5, 0.6) is 0 Å². The van der Waals surface area contributed by atoms with E-state index >= 15 is 0 Å². The third-order valence-corrected chi connectivity index (χ3v) is 3.09. The molecular formula is C11H18O2. The van der Waals surface area contributed by atoms with Crippen LogP contribution in [0.4, 0.5) is 0 Å². The Morgan fingerprint density at radius 3 is 2.62 bits per heavy atom. The minimum Gasteiger partial charge on any atom is -0.469 e. The first-order valence-electron chi connectivity index (χ1n) is 4.93. The summed E-state index contributed by atoms with van der Waals surface area (Å²) in [6.45, 7) is 3.87. The fourth-order valence-electron chi connectivity index (χ4n) is 2.09. The summed E-state index contributed by atoms with van der Waals surface area (Å²) in [5.41, 5.74) is 0.230. The van der Waals surface area contributed by atoms with E-state index in [0.29, 0.717) is 6.42 Å². The highest BCUT2D eigenvalue weighted by atomic mass is 16.5. The molecule has 0 atom stereocenters. The summed E-state index contributed by atoms with van der Waals surface area (Å²) in [6, 6.07) is 0. The van der Waals surface area contributed by atoms with Gasteiger partial charge in [-0.15, -0.1) is 6.58 Å². The highest BCUT2D eigenvalue weighted by molar-refractivity contribution is 5.69. The summed E-state index contributed by atoms with van der Waals surface area (Å²) in [5, 5.41) is 0. The number of esters is 1. The monoisotopic (exact) mass is 182 g/mol. The zero-order chi connectivity index (χ0) is 9.73. The van der Waals surface area contributed by atoms with E-state index < -0.39 is 0 Å². The van der Waals surface area contributed by atoms with Gasteiger partial charge in [-0.05, 0) is 24.7 Å². The molecule has 0 aromatic carbocycles. The van der Waals surface area contributed by atoms with Crippen LogP contribution >= 0.6 is 0 Å². The molecule has 0 amide bonds. The van der Waals surface area contributed by atoms with Crippen molar-refractivity contribution >= 4 is 5.97 Å². The van der Waals surface area contributed by atoms with Crippen molar-refractivity contribution in [2.75, 3.05) is 7.11 Å². The maximum Gasteiger partial charge on any atom is 0.305 e. The molecule has 1 saturated carbocycles. The van der Waals surface area contributed by atoms with E-state index in [1.54, 1.807) is 0 Å². The van der Waals surface area contributed by atoms with Gasteiger partial charge in [0.25, 0.3) is 0 Å². The number of ether oxygens (including phenoxy) is 1. The molecule has 0 spiro atoms. The van der Waals surface area contributed by atoms with Gasteiger partial charge in [-0.2, -0.15) is 0 Å². The zero-order valence-corrected chi connectivity index (χ0v) is 8.34. The molecule has 0 bridgehead atoms. The molecule has 13 heavy (non-hydrogen) atoms. The number of hydrogen-bond acceptors (Lipinski definition) is 2. The van der Waals surface area contributed by atoms with E-state index in [9.17, 15) is 4.79 Å². The molecule has 0 radical (unpaired) electrons. The first-order chi connectivity index (χ1) is 6.22. The van der Waals surface area contributed by atoms with E-state index in [1.165, 1.54) is 32.8 Å². The smallest absolute Gasteiger partial charge is 0.305 e. The molecule has 1 rings (SSSR count). The van der Waals surface area contributed by atoms with Crippen molar-refractivity contribution in [3.63, 3.8) is 0 Å². The van der Waals surface area contributed by atoms with Crippen molar-refractivity contribution in [1.82, 2.24) is 0 Å². The molecule has 0 aromatic heterocycles. The van der Waals surface area contributed by atoms with Crippen LogP contribution in [0.15, 0.2) is 12.7 Å². The molecule has 0 aliphatic heterocycles. The van der Waals surface area contributed by atoms with E-state index in [0.717, 1.165) is 6.42 Å². The van der Waals surface area contributed by atoms with Gasteiger partial charge in [0.2, 0.25) is 0 Å². The van der Waals surface area contributed by atoms with Crippen molar-refractivity contribution in [3.8, 4) is 0 Å². The van der Waals surface area contributed by atoms with Crippen LogP contribution < -0.4 is 0 Å². The molecule has 0 unspecified atom stereocenters. The lowest BCUT2D eigenvalue weighted by Gasteiger charge is -2.23. The summed E-state index contributed by atoms with van der Waals surface area (Å²) < 4.78 is 4.63. The SMILES string of the molecule is C=CC1(CCC(=O)OC)CCCC1. The van der Waals surface area contributed by atoms with E-state index in [4.69, 9.17) is 0 Å². The van der Waals surface area contributed by atoms with Crippen LogP contribution in [0.25, 0.3) is 0 Å². The van der Waals surface area contributed by atoms with E-state index in [2.05, 4.69) is 11.3 Å². The predicted molar refractivity (Wildman–Crippen MR) is 52.3 cm³/mol. The summed E-state index contributed by atoms with van der Waals surface area (Å²) in [4.78, 5) is 11.0. The van der Waals surface area contributed by atoms with Crippen LogP contribution in [-0.2, 0) is 9.53 Å². The lowest BCUT2D eigenvalue weighted by Crippen LogP contribution is -2.15. The highest BCUT2D eigenvalue weighted by Crippen LogP contribution is 2.42. The third kappa shape index (κ3) is 2.58. The van der Waals surface area contributed by atoms with Gasteiger partial charge in [0.15, 0.2) is 0 Å². The molecule has 2 heteroatoms. The fraction of sp³-hybridized carbons (Fsp3) is 0.727. The van der Waals surface area contributed by atoms with Crippen molar-refractivity contribution < 1.29 is 9.53 Å². The van der Waals surface area contributed by atoms with Crippen LogP contribution in [0.3, 0.4) is 0 Å². The second kappa shape index (κ2) is 4.45. The van der Waals surface area contributed by atoms with Crippen molar-refractivity contribution in [1.29, 1.82) is 0 Å². The van der Waals surface area contributed by atoms with Crippen LogP contribution in [-0.4, -0.2) is 13.1 Å². The molecule has 0 aromatic rings. The molecule has 1 aliphatic rings. The number of carbonyl (C=O) groups is 1. The molecule has 0 heterocycles. The van der Waals surface area contributed by atoms with Gasteiger partial charge in [-0.1, -0.05) is 18.9 Å². The minimum absolute atomic E-state index is 0.104. The maximum atomic E-state index is 11.0. The minimum atomic E-state index is -0.104. The first kappa shape index (κ1) is 10.3. The number of allylic oxidation sites excluding steroid dienone is 1. The van der Waals surface area contributed by atoms with Gasteiger partial charge < -0.3 is 4.74 Å². The Bertz CT molecular complexity index is 190. The van der Waals surface area contributed by atoms with Crippen molar-refractivity contribution in [2.24, 2.45) is 5.41 Å². The Morgan fingerprint density at radius 2 is 2.15 bits per heavy atom.